The van der Waals surface area contributed by atoms with Crippen LogP contribution >= 0.6 is 11.6 Å². The average Bonchev–Trinajstić information content (AvgIpc) is 3.24. The molecule has 1 saturated heterocycles. The molecule has 1 N–H and O–H groups in total. The van der Waals surface area contributed by atoms with Crippen LogP contribution < -0.4 is 10.2 Å². The molecule has 0 saturated carbocycles. The van der Waals surface area contributed by atoms with Crippen molar-refractivity contribution < 1.29 is 9.32 Å². The molecular weight excluding hydrogens is 376 g/mol. The summed E-state index contributed by atoms with van der Waals surface area (Å²) in [5.41, 5.74) is 2.84. The third-order valence-electron chi connectivity index (χ3n) is 4.86. The van der Waals surface area contributed by atoms with Crippen LogP contribution in [-0.2, 0) is 6.54 Å². The summed E-state index contributed by atoms with van der Waals surface area (Å²) in [5, 5.41) is 7.28. The lowest BCUT2D eigenvalue weighted by Crippen LogP contribution is -2.29. The Morgan fingerprint density at radius 1 is 1.07 bits per heavy atom. The van der Waals surface area contributed by atoms with Crippen molar-refractivity contribution in [2.45, 2.75) is 25.8 Å². The van der Waals surface area contributed by atoms with E-state index in [1.54, 1.807) is 6.07 Å². The van der Waals surface area contributed by atoms with Crippen molar-refractivity contribution in [1.29, 1.82) is 0 Å². The molecule has 2 aromatic carbocycles. The Morgan fingerprint density at radius 2 is 1.82 bits per heavy atom. The molecule has 0 spiro atoms. The maximum absolute atomic E-state index is 12.3. The van der Waals surface area contributed by atoms with Gasteiger partial charge in [0.05, 0.1) is 0 Å². The highest BCUT2D eigenvalue weighted by Crippen LogP contribution is 2.24. The van der Waals surface area contributed by atoms with E-state index in [0.717, 1.165) is 24.2 Å². The number of rotatable bonds is 5. The van der Waals surface area contributed by atoms with E-state index in [9.17, 15) is 4.79 Å². The van der Waals surface area contributed by atoms with Crippen LogP contribution in [0, 0.1) is 0 Å². The van der Waals surface area contributed by atoms with Crippen molar-refractivity contribution in [2.24, 2.45) is 0 Å². The molecule has 1 fully saturated rings. The summed E-state index contributed by atoms with van der Waals surface area (Å²) in [5.74, 6) is -0.0983. The monoisotopic (exact) mass is 396 g/mol. The van der Waals surface area contributed by atoms with E-state index >= 15 is 0 Å². The molecule has 0 bridgehead atoms. The van der Waals surface area contributed by atoms with Crippen LogP contribution in [-0.4, -0.2) is 29.1 Å². The predicted octanol–water partition coefficient (Wildman–Crippen LogP) is 4.31. The second kappa shape index (κ2) is 8.44. The lowest BCUT2D eigenvalue weighted by Gasteiger charge is -2.28. The highest BCUT2D eigenvalue weighted by atomic mass is 35.5. The van der Waals surface area contributed by atoms with E-state index < -0.39 is 5.91 Å². The number of aromatic nitrogens is 2. The largest absolute Gasteiger partial charge is 0.372 e. The molecule has 2 heterocycles. The first-order valence-electron chi connectivity index (χ1n) is 9.41. The predicted molar refractivity (Wildman–Crippen MR) is 108 cm³/mol. The van der Waals surface area contributed by atoms with Gasteiger partial charge in [0.15, 0.2) is 0 Å². The third kappa shape index (κ3) is 4.17. The normalized spacial score (nSPS) is 14.1. The van der Waals surface area contributed by atoms with Gasteiger partial charge < -0.3 is 14.7 Å². The number of piperidine rings is 1. The van der Waals surface area contributed by atoms with Gasteiger partial charge in [-0.05, 0) is 55.2 Å². The fourth-order valence-corrected chi connectivity index (χ4v) is 3.50. The van der Waals surface area contributed by atoms with Crippen molar-refractivity contribution in [3.63, 3.8) is 0 Å². The van der Waals surface area contributed by atoms with Gasteiger partial charge in [0.2, 0.25) is 5.82 Å². The molecule has 6 nitrogen and oxygen atoms in total. The Hall–Kier alpha value is -2.86. The zero-order valence-electron chi connectivity index (χ0n) is 15.4. The quantitative estimate of drug-likeness (QED) is 0.695. The van der Waals surface area contributed by atoms with Crippen molar-refractivity contribution in [3.8, 4) is 11.4 Å². The molecule has 1 aliphatic heterocycles. The molecule has 7 heteroatoms. The Kier molecular flexibility index (Phi) is 5.58. The molecule has 0 atom stereocenters. The van der Waals surface area contributed by atoms with E-state index in [1.807, 2.05) is 30.3 Å². The van der Waals surface area contributed by atoms with Gasteiger partial charge in [0, 0.05) is 35.9 Å². The van der Waals surface area contributed by atoms with E-state index in [0.29, 0.717) is 17.4 Å². The zero-order chi connectivity index (χ0) is 19.3. The van der Waals surface area contributed by atoms with Crippen LogP contribution in [0.3, 0.4) is 0 Å². The van der Waals surface area contributed by atoms with Crippen LogP contribution in [0.2, 0.25) is 5.02 Å². The van der Waals surface area contributed by atoms with Gasteiger partial charge in [-0.25, -0.2) is 0 Å². The number of benzene rings is 2. The lowest BCUT2D eigenvalue weighted by molar-refractivity contribution is 0.0907. The van der Waals surface area contributed by atoms with E-state index in [2.05, 4.69) is 32.5 Å². The number of carbonyl (C=O) groups excluding carboxylic acids is 1. The molecule has 28 heavy (non-hydrogen) atoms. The van der Waals surface area contributed by atoms with Crippen LogP contribution in [0.4, 0.5) is 5.69 Å². The van der Waals surface area contributed by atoms with Gasteiger partial charge in [-0.3, -0.25) is 4.79 Å². The minimum Gasteiger partial charge on any atom is -0.372 e. The summed E-state index contributed by atoms with van der Waals surface area (Å²) in [6.07, 6.45) is 3.78. The fourth-order valence-electron chi connectivity index (χ4n) is 3.30. The van der Waals surface area contributed by atoms with Gasteiger partial charge in [-0.15, -0.1) is 0 Å². The number of amides is 1. The molecule has 3 aromatic rings. The van der Waals surface area contributed by atoms with E-state index in [1.165, 1.54) is 24.9 Å². The molecule has 0 aliphatic carbocycles. The summed E-state index contributed by atoms with van der Waals surface area (Å²) in [6, 6.07) is 15.4. The van der Waals surface area contributed by atoms with Gasteiger partial charge in [0.1, 0.15) is 0 Å². The van der Waals surface area contributed by atoms with Gasteiger partial charge >= 0.3 is 11.8 Å². The van der Waals surface area contributed by atoms with Crippen LogP contribution in [0.1, 0.15) is 35.5 Å². The van der Waals surface area contributed by atoms with Gasteiger partial charge in [0.25, 0.3) is 0 Å². The molecule has 144 valence electrons. The number of anilines is 1. The Bertz CT molecular complexity index is 949. The number of nitrogens with one attached hydrogen (secondary N) is 1. The summed E-state index contributed by atoms with van der Waals surface area (Å²) in [6.45, 7) is 2.48. The van der Waals surface area contributed by atoms with Crippen molar-refractivity contribution in [3.05, 3.63) is 65.0 Å². The first-order valence-corrected chi connectivity index (χ1v) is 9.79. The number of hydrogen-bond acceptors (Lipinski definition) is 5. The Balaban J connectivity index is 1.40. The van der Waals surface area contributed by atoms with Crippen molar-refractivity contribution >= 4 is 23.2 Å². The lowest BCUT2D eigenvalue weighted by atomic mass is 10.1. The topological polar surface area (TPSA) is 71.3 Å². The number of hydrogen-bond donors (Lipinski definition) is 1. The second-order valence-electron chi connectivity index (χ2n) is 6.79. The molecule has 1 aromatic heterocycles. The highest BCUT2D eigenvalue weighted by molar-refractivity contribution is 6.31. The number of carbonyl (C=O) groups is 1. The smallest absolute Gasteiger partial charge is 0.316 e. The maximum Gasteiger partial charge on any atom is 0.316 e. The van der Waals surface area contributed by atoms with Crippen molar-refractivity contribution in [1.82, 2.24) is 15.5 Å². The summed E-state index contributed by atoms with van der Waals surface area (Å²) in [4.78, 5) is 18.9. The number of halogens is 1. The molecular formula is C21H21ClN4O2. The summed E-state index contributed by atoms with van der Waals surface area (Å²) >= 11 is 6.10. The summed E-state index contributed by atoms with van der Waals surface area (Å²) in [7, 11) is 0. The van der Waals surface area contributed by atoms with Crippen LogP contribution in [0.5, 0.6) is 0 Å². The fraction of sp³-hybridized carbons (Fsp3) is 0.286. The Labute approximate surface area is 168 Å². The van der Waals surface area contributed by atoms with Gasteiger partial charge in [-0.1, -0.05) is 35.0 Å². The van der Waals surface area contributed by atoms with Crippen molar-refractivity contribution in [2.75, 3.05) is 18.0 Å². The van der Waals surface area contributed by atoms with E-state index in [4.69, 9.17) is 16.1 Å². The Morgan fingerprint density at radius 3 is 2.57 bits per heavy atom. The minimum atomic E-state index is -0.427. The standard InChI is InChI=1S/C21H21ClN4O2/c22-18-7-3-2-6-16(18)14-23-20(27)21-24-19(25-28-21)15-8-10-17(11-9-15)26-12-4-1-5-13-26/h2-3,6-11H,1,4-5,12-14H2,(H,23,27). The SMILES string of the molecule is O=C(NCc1ccccc1Cl)c1nc(-c2ccc(N3CCCCC3)cc2)no1. The van der Waals surface area contributed by atoms with Gasteiger partial charge in [-0.2, -0.15) is 4.98 Å². The number of nitrogens with zero attached hydrogens (tertiary/aromatic N) is 3. The minimum absolute atomic E-state index is 0.0674. The molecule has 0 unspecified atom stereocenters. The summed E-state index contributed by atoms with van der Waals surface area (Å²) < 4.78 is 5.13. The average molecular weight is 397 g/mol. The van der Waals surface area contributed by atoms with Crippen LogP contribution in [0.15, 0.2) is 53.1 Å². The second-order valence-corrected chi connectivity index (χ2v) is 7.20. The zero-order valence-corrected chi connectivity index (χ0v) is 16.2. The van der Waals surface area contributed by atoms with Crippen LogP contribution in [0.25, 0.3) is 11.4 Å². The van der Waals surface area contributed by atoms with E-state index in [-0.39, 0.29) is 5.89 Å². The highest BCUT2D eigenvalue weighted by Gasteiger charge is 2.17. The first-order chi connectivity index (χ1) is 13.7. The first kappa shape index (κ1) is 18.5. The molecule has 1 amide bonds. The molecule has 1 aliphatic rings. The third-order valence-corrected chi connectivity index (χ3v) is 5.23. The molecule has 0 radical (unpaired) electrons. The molecule has 4 rings (SSSR count). The maximum atomic E-state index is 12.3.